The second kappa shape index (κ2) is 6.98. The van der Waals surface area contributed by atoms with Crippen LogP contribution in [0.4, 0.5) is 0 Å². The number of hydroxylamine groups is 1. The van der Waals surface area contributed by atoms with Crippen molar-refractivity contribution < 1.29 is 14.8 Å². The summed E-state index contributed by atoms with van der Waals surface area (Å²) in [4.78, 5) is 26.7. The first-order valence-electron chi connectivity index (χ1n) is 9.11. The van der Waals surface area contributed by atoms with Crippen LogP contribution < -0.4 is 5.48 Å². The van der Waals surface area contributed by atoms with Gasteiger partial charge in [-0.15, -0.1) is 0 Å². The summed E-state index contributed by atoms with van der Waals surface area (Å²) >= 11 is 6.26. The molecule has 5 nitrogen and oxygen atoms in total. The van der Waals surface area contributed by atoms with Gasteiger partial charge in [-0.05, 0) is 60.6 Å². The first kappa shape index (κ1) is 18.0. The van der Waals surface area contributed by atoms with E-state index in [0.29, 0.717) is 23.6 Å². The Bertz CT molecular complexity index is 914. The zero-order valence-corrected chi connectivity index (χ0v) is 15.6. The zero-order chi connectivity index (χ0) is 19.0. The van der Waals surface area contributed by atoms with Crippen molar-refractivity contribution in [3.05, 3.63) is 69.7 Å². The number of fused-ring (bicyclic) bond motifs is 1. The summed E-state index contributed by atoms with van der Waals surface area (Å²) < 4.78 is 0. The fourth-order valence-electron chi connectivity index (χ4n) is 4.34. The summed E-state index contributed by atoms with van der Waals surface area (Å²) in [5.74, 6) is -0.314. The second-order valence-electron chi connectivity index (χ2n) is 7.45. The van der Waals surface area contributed by atoms with Gasteiger partial charge in [0, 0.05) is 23.7 Å². The molecule has 1 atom stereocenters. The van der Waals surface area contributed by atoms with E-state index in [-0.39, 0.29) is 11.3 Å². The number of benzene rings is 2. The average Bonchev–Trinajstić information content (AvgIpc) is 2.98. The Morgan fingerprint density at radius 3 is 2.78 bits per heavy atom. The molecule has 0 saturated carbocycles. The van der Waals surface area contributed by atoms with Crippen LogP contribution in [0, 0.1) is 5.41 Å². The van der Waals surface area contributed by atoms with E-state index >= 15 is 0 Å². The van der Waals surface area contributed by atoms with E-state index in [0.717, 1.165) is 42.5 Å². The van der Waals surface area contributed by atoms with Gasteiger partial charge in [0.15, 0.2) is 0 Å². The Labute approximate surface area is 162 Å². The monoisotopic (exact) mass is 384 g/mol. The van der Waals surface area contributed by atoms with Gasteiger partial charge in [-0.25, -0.2) is 5.48 Å². The normalized spacial score (nSPS) is 21.4. The van der Waals surface area contributed by atoms with Crippen LogP contribution in [0.15, 0.2) is 42.5 Å². The minimum Gasteiger partial charge on any atom is -0.338 e. The highest BCUT2D eigenvalue weighted by Gasteiger charge is 2.48. The van der Waals surface area contributed by atoms with Crippen LogP contribution in [0.5, 0.6) is 0 Å². The highest BCUT2D eigenvalue weighted by atomic mass is 35.5. The number of amides is 2. The number of rotatable bonds is 3. The maximum Gasteiger partial charge on any atom is 0.274 e. The molecule has 1 aliphatic heterocycles. The van der Waals surface area contributed by atoms with Crippen molar-refractivity contribution in [2.45, 2.75) is 32.2 Å². The van der Waals surface area contributed by atoms with Gasteiger partial charge in [0.05, 0.1) is 5.41 Å². The Morgan fingerprint density at radius 2 is 2.00 bits per heavy atom. The Balaban J connectivity index is 1.53. The van der Waals surface area contributed by atoms with Crippen molar-refractivity contribution in [2.75, 3.05) is 6.54 Å². The topological polar surface area (TPSA) is 69.6 Å². The number of nitrogens with zero attached hydrogens (tertiary/aromatic N) is 1. The van der Waals surface area contributed by atoms with Crippen LogP contribution in [0.2, 0.25) is 5.02 Å². The first-order valence-corrected chi connectivity index (χ1v) is 9.49. The molecule has 1 fully saturated rings. The molecule has 4 rings (SSSR count). The predicted molar refractivity (Wildman–Crippen MR) is 102 cm³/mol. The summed E-state index contributed by atoms with van der Waals surface area (Å²) in [6, 6.07) is 13.1. The number of likely N-dealkylation sites (tertiary alicyclic amines) is 1. The fourth-order valence-corrected chi connectivity index (χ4v) is 4.53. The van der Waals surface area contributed by atoms with Crippen LogP contribution in [0.3, 0.4) is 0 Å². The van der Waals surface area contributed by atoms with Gasteiger partial charge in [0.1, 0.15) is 0 Å². The SMILES string of the molecule is O=C(NO)c1ccc2c(c1)CC[C@@]1(CCN(Cc3ccccc3Cl)C1=O)C2. The molecule has 27 heavy (non-hydrogen) atoms. The predicted octanol–water partition coefficient (Wildman–Crippen LogP) is 3.37. The third kappa shape index (κ3) is 3.22. The summed E-state index contributed by atoms with van der Waals surface area (Å²) in [5, 5.41) is 9.49. The number of halogens is 1. The van der Waals surface area contributed by atoms with Gasteiger partial charge in [-0.3, -0.25) is 14.8 Å². The van der Waals surface area contributed by atoms with Crippen molar-refractivity contribution >= 4 is 23.4 Å². The molecule has 2 aliphatic rings. The number of hydrogen-bond donors (Lipinski definition) is 2. The minimum absolute atomic E-state index is 0.199. The molecule has 1 aliphatic carbocycles. The summed E-state index contributed by atoms with van der Waals surface area (Å²) in [7, 11) is 0. The van der Waals surface area contributed by atoms with Crippen LogP contribution in [0.1, 0.15) is 39.9 Å². The molecule has 2 aromatic rings. The van der Waals surface area contributed by atoms with Crippen LogP contribution in [-0.2, 0) is 24.2 Å². The van der Waals surface area contributed by atoms with Crippen LogP contribution >= 0.6 is 11.6 Å². The lowest BCUT2D eigenvalue weighted by Crippen LogP contribution is -2.38. The lowest BCUT2D eigenvalue weighted by Gasteiger charge is -2.33. The lowest BCUT2D eigenvalue weighted by atomic mass is 9.70. The molecule has 0 radical (unpaired) electrons. The van der Waals surface area contributed by atoms with Gasteiger partial charge in [-0.2, -0.15) is 0 Å². The van der Waals surface area contributed by atoms with Gasteiger partial charge < -0.3 is 4.90 Å². The quantitative estimate of drug-likeness (QED) is 0.629. The highest BCUT2D eigenvalue weighted by Crippen LogP contribution is 2.44. The van der Waals surface area contributed by atoms with Crippen molar-refractivity contribution in [3.8, 4) is 0 Å². The Morgan fingerprint density at radius 1 is 1.19 bits per heavy atom. The standard InChI is InChI=1S/C21H21ClN2O3/c22-18-4-2-1-3-17(18)13-24-10-9-21(20(24)26)8-7-14-11-15(19(25)23-27)5-6-16(14)12-21/h1-6,11,27H,7-10,12-13H2,(H,23,25)/t21-/m1/s1. The Kier molecular flexibility index (Phi) is 4.66. The van der Waals surface area contributed by atoms with E-state index in [2.05, 4.69) is 0 Å². The molecule has 2 aromatic carbocycles. The number of carbonyl (C=O) groups is 2. The molecule has 0 bridgehead atoms. The fraction of sp³-hybridized carbons (Fsp3) is 0.333. The molecule has 1 saturated heterocycles. The molecular formula is C21H21ClN2O3. The van der Waals surface area contributed by atoms with Crippen LogP contribution in [0.25, 0.3) is 0 Å². The van der Waals surface area contributed by atoms with E-state index in [1.807, 2.05) is 41.3 Å². The average molecular weight is 385 g/mol. The first-order chi connectivity index (χ1) is 13.0. The third-order valence-electron chi connectivity index (χ3n) is 5.89. The number of carbonyl (C=O) groups excluding carboxylic acids is 2. The van der Waals surface area contributed by atoms with E-state index in [1.54, 1.807) is 11.5 Å². The molecule has 2 N–H and O–H groups in total. The number of aryl methyl sites for hydroxylation is 1. The van der Waals surface area contributed by atoms with Gasteiger partial charge in [-0.1, -0.05) is 35.9 Å². The van der Waals surface area contributed by atoms with E-state index < -0.39 is 5.91 Å². The molecule has 1 heterocycles. The number of hydrogen-bond acceptors (Lipinski definition) is 3. The number of nitrogens with one attached hydrogen (secondary N) is 1. The molecule has 2 amide bonds. The summed E-state index contributed by atoms with van der Waals surface area (Å²) in [6.45, 7) is 1.28. The molecule has 6 heteroatoms. The maximum absolute atomic E-state index is 13.2. The van der Waals surface area contributed by atoms with Crippen molar-refractivity contribution in [1.82, 2.24) is 10.4 Å². The van der Waals surface area contributed by atoms with Gasteiger partial charge in [0.2, 0.25) is 5.91 Å². The smallest absolute Gasteiger partial charge is 0.274 e. The second-order valence-corrected chi connectivity index (χ2v) is 7.86. The van der Waals surface area contributed by atoms with Crippen LogP contribution in [-0.4, -0.2) is 28.5 Å². The van der Waals surface area contributed by atoms with Gasteiger partial charge in [0.25, 0.3) is 5.91 Å². The maximum atomic E-state index is 13.2. The molecule has 1 spiro atoms. The summed E-state index contributed by atoms with van der Waals surface area (Å²) in [6.07, 6.45) is 3.07. The van der Waals surface area contributed by atoms with E-state index in [1.165, 1.54) is 0 Å². The Hall–Kier alpha value is -2.37. The largest absolute Gasteiger partial charge is 0.338 e. The zero-order valence-electron chi connectivity index (χ0n) is 14.9. The molecular weight excluding hydrogens is 364 g/mol. The third-order valence-corrected chi connectivity index (χ3v) is 6.26. The lowest BCUT2D eigenvalue weighted by molar-refractivity contribution is -0.137. The van der Waals surface area contributed by atoms with E-state index in [4.69, 9.17) is 16.8 Å². The minimum atomic E-state index is -0.513. The molecule has 140 valence electrons. The molecule has 0 unspecified atom stereocenters. The molecule has 0 aromatic heterocycles. The van der Waals surface area contributed by atoms with Crippen molar-refractivity contribution in [3.63, 3.8) is 0 Å². The summed E-state index contributed by atoms with van der Waals surface area (Å²) in [5.41, 5.74) is 4.92. The van der Waals surface area contributed by atoms with Crippen molar-refractivity contribution in [1.29, 1.82) is 0 Å². The van der Waals surface area contributed by atoms with E-state index in [9.17, 15) is 9.59 Å². The van der Waals surface area contributed by atoms with Crippen molar-refractivity contribution in [2.24, 2.45) is 5.41 Å². The highest BCUT2D eigenvalue weighted by molar-refractivity contribution is 6.31. The van der Waals surface area contributed by atoms with Gasteiger partial charge >= 0.3 is 0 Å².